The molecule has 3 aromatic rings. The predicted octanol–water partition coefficient (Wildman–Crippen LogP) is 3.41. The largest absolute Gasteiger partial charge is 0.492 e. The molecule has 0 unspecified atom stereocenters. The highest BCUT2D eigenvalue weighted by molar-refractivity contribution is 7.90. The molecule has 1 N–H and O–H groups in total. The second-order valence-corrected chi connectivity index (χ2v) is 9.01. The molecule has 0 bridgehead atoms. The number of nitrogens with zero attached hydrogens (tertiary/aromatic N) is 1. The second-order valence-electron chi connectivity index (χ2n) is 7.36. The summed E-state index contributed by atoms with van der Waals surface area (Å²) in [5.74, 6) is -0.191. The maximum absolute atomic E-state index is 12.8. The van der Waals surface area contributed by atoms with Crippen LogP contribution in [0.15, 0.2) is 57.8 Å². The van der Waals surface area contributed by atoms with Crippen LogP contribution in [0.3, 0.4) is 0 Å². The third-order valence-corrected chi connectivity index (χ3v) is 6.15. The van der Waals surface area contributed by atoms with E-state index in [1.807, 2.05) is 31.1 Å². The van der Waals surface area contributed by atoms with Gasteiger partial charge in [0.25, 0.3) is 10.0 Å². The number of fused-ring (bicyclic) bond motifs is 1. The maximum Gasteiger partial charge on any atom is 0.300 e. The third kappa shape index (κ3) is 4.22. The first-order valence-electron chi connectivity index (χ1n) is 9.33. The van der Waals surface area contributed by atoms with Crippen molar-refractivity contribution >= 4 is 32.6 Å². The lowest BCUT2D eigenvalue weighted by Gasteiger charge is -2.12. The molecular formula is C21H22N2O5S. The first kappa shape index (κ1) is 19.3. The molecule has 0 atom stereocenters. The first-order chi connectivity index (χ1) is 13.8. The van der Waals surface area contributed by atoms with Crippen molar-refractivity contribution in [1.29, 1.82) is 0 Å². The predicted molar refractivity (Wildman–Crippen MR) is 110 cm³/mol. The number of ether oxygens (including phenoxy) is 1. The molecule has 0 spiro atoms. The van der Waals surface area contributed by atoms with Crippen LogP contribution in [0.25, 0.3) is 11.0 Å². The van der Waals surface area contributed by atoms with Crippen LogP contribution in [0.5, 0.6) is 5.75 Å². The molecule has 1 heterocycles. The van der Waals surface area contributed by atoms with Crippen LogP contribution in [0.4, 0.5) is 5.69 Å². The summed E-state index contributed by atoms with van der Waals surface area (Å²) < 4.78 is 38.9. The summed E-state index contributed by atoms with van der Waals surface area (Å²) in [6.07, 6.45) is 2.18. The highest BCUT2D eigenvalue weighted by Gasteiger charge is 2.27. The van der Waals surface area contributed by atoms with Crippen LogP contribution in [-0.4, -0.2) is 35.0 Å². The Morgan fingerprint density at radius 2 is 1.93 bits per heavy atom. The van der Waals surface area contributed by atoms with Gasteiger partial charge in [-0.25, -0.2) is 13.1 Å². The molecule has 0 aliphatic heterocycles. The fraction of sp³-hybridized carbons (Fsp3) is 0.286. The summed E-state index contributed by atoms with van der Waals surface area (Å²) in [5.41, 5.74) is 1.42. The van der Waals surface area contributed by atoms with Gasteiger partial charge in [0, 0.05) is 31.2 Å². The van der Waals surface area contributed by atoms with E-state index in [2.05, 4.69) is 4.72 Å². The Labute approximate surface area is 169 Å². The number of nitrogens with one attached hydrogen (secondary N) is 1. The van der Waals surface area contributed by atoms with Crippen LogP contribution in [0.1, 0.15) is 23.4 Å². The van der Waals surface area contributed by atoms with E-state index in [9.17, 15) is 13.2 Å². The minimum Gasteiger partial charge on any atom is -0.492 e. The lowest BCUT2D eigenvalue weighted by Crippen LogP contribution is -2.30. The Balaban J connectivity index is 1.56. The zero-order valence-electron chi connectivity index (χ0n) is 16.2. The zero-order chi connectivity index (χ0) is 20.6. The van der Waals surface area contributed by atoms with E-state index in [1.165, 1.54) is 12.1 Å². The molecule has 7 nitrogen and oxygen atoms in total. The van der Waals surface area contributed by atoms with Gasteiger partial charge in [0.2, 0.25) is 0 Å². The van der Waals surface area contributed by atoms with Crippen molar-refractivity contribution in [2.24, 2.45) is 5.92 Å². The van der Waals surface area contributed by atoms with E-state index >= 15 is 0 Å². The van der Waals surface area contributed by atoms with Crippen molar-refractivity contribution in [1.82, 2.24) is 4.72 Å². The SMILES string of the molecule is CN(C)c1ccc2cc(C(=O)NS(=O)(=O)c3ccccc3OCC3CC3)oc2c1. The van der Waals surface area contributed by atoms with E-state index in [4.69, 9.17) is 9.15 Å². The van der Waals surface area contributed by atoms with Gasteiger partial charge < -0.3 is 14.1 Å². The number of amides is 1. The van der Waals surface area contributed by atoms with Gasteiger partial charge in [-0.2, -0.15) is 0 Å². The quantitative estimate of drug-likeness (QED) is 0.637. The Hall–Kier alpha value is -3.00. The third-order valence-electron chi connectivity index (χ3n) is 4.78. The first-order valence-corrected chi connectivity index (χ1v) is 10.8. The Morgan fingerprint density at radius 1 is 1.17 bits per heavy atom. The molecule has 1 aliphatic carbocycles. The lowest BCUT2D eigenvalue weighted by atomic mass is 10.2. The molecule has 0 radical (unpaired) electrons. The molecule has 8 heteroatoms. The normalized spacial score (nSPS) is 14.0. The highest BCUT2D eigenvalue weighted by atomic mass is 32.2. The number of hydrogen-bond donors (Lipinski definition) is 1. The lowest BCUT2D eigenvalue weighted by molar-refractivity contribution is 0.0956. The topological polar surface area (TPSA) is 88.9 Å². The summed E-state index contributed by atoms with van der Waals surface area (Å²) >= 11 is 0. The molecule has 29 heavy (non-hydrogen) atoms. The zero-order valence-corrected chi connectivity index (χ0v) is 17.0. The van der Waals surface area contributed by atoms with Crippen molar-refractivity contribution < 1.29 is 22.4 Å². The molecule has 1 amide bonds. The smallest absolute Gasteiger partial charge is 0.300 e. The average Bonchev–Trinajstić information content (AvgIpc) is 3.41. The Bertz CT molecular complexity index is 1160. The fourth-order valence-electron chi connectivity index (χ4n) is 2.92. The number of carbonyl (C=O) groups excluding carboxylic acids is 1. The van der Waals surface area contributed by atoms with E-state index in [1.54, 1.807) is 24.3 Å². The molecule has 152 valence electrons. The highest BCUT2D eigenvalue weighted by Crippen LogP contribution is 2.31. The van der Waals surface area contributed by atoms with Crippen molar-refractivity contribution in [2.45, 2.75) is 17.7 Å². The fourth-order valence-corrected chi connectivity index (χ4v) is 4.02. The standard InChI is InChI=1S/C21H22N2O5S/c1-23(2)16-10-9-15-11-19(28-18(15)12-16)21(24)22-29(25,26)20-6-4-3-5-17(20)27-13-14-7-8-14/h3-6,9-12,14H,7-8,13H2,1-2H3,(H,22,24). The molecule has 1 aliphatic rings. The minimum absolute atomic E-state index is 0.0694. The molecule has 0 saturated heterocycles. The van der Waals surface area contributed by atoms with Crippen LogP contribution in [-0.2, 0) is 10.0 Å². The van der Waals surface area contributed by atoms with E-state index in [0.717, 1.165) is 18.5 Å². The van der Waals surface area contributed by atoms with Gasteiger partial charge >= 0.3 is 5.91 Å². The maximum atomic E-state index is 12.8. The molecule has 1 fully saturated rings. The summed E-state index contributed by atoms with van der Waals surface area (Å²) in [6, 6.07) is 13.3. The number of sulfonamides is 1. The summed E-state index contributed by atoms with van der Waals surface area (Å²) in [4.78, 5) is 14.4. The molecule has 1 aromatic heterocycles. The molecule has 4 rings (SSSR count). The van der Waals surface area contributed by atoms with E-state index in [0.29, 0.717) is 23.5 Å². The monoisotopic (exact) mass is 414 g/mol. The van der Waals surface area contributed by atoms with Crippen LogP contribution >= 0.6 is 0 Å². The van der Waals surface area contributed by atoms with Crippen LogP contribution < -0.4 is 14.4 Å². The summed E-state index contributed by atoms with van der Waals surface area (Å²) in [5, 5.41) is 0.714. The number of hydrogen-bond acceptors (Lipinski definition) is 6. The Kier molecular flexibility index (Phi) is 4.96. The average molecular weight is 414 g/mol. The molecule has 1 saturated carbocycles. The van der Waals surface area contributed by atoms with E-state index < -0.39 is 15.9 Å². The number of anilines is 1. The minimum atomic E-state index is -4.12. The Morgan fingerprint density at radius 3 is 2.66 bits per heavy atom. The number of furan rings is 1. The van der Waals surface area contributed by atoms with Gasteiger partial charge in [0.05, 0.1) is 6.61 Å². The van der Waals surface area contributed by atoms with Gasteiger partial charge in [-0.3, -0.25) is 4.79 Å². The van der Waals surface area contributed by atoms with Gasteiger partial charge in [-0.1, -0.05) is 12.1 Å². The second kappa shape index (κ2) is 7.44. The van der Waals surface area contributed by atoms with Gasteiger partial charge in [0.1, 0.15) is 16.2 Å². The number of para-hydroxylation sites is 1. The van der Waals surface area contributed by atoms with Crippen molar-refractivity contribution in [3.8, 4) is 5.75 Å². The van der Waals surface area contributed by atoms with Gasteiger partial charge in [-0.15, -0.1) is 0 Å². The molecule has 2 aromatic carbocycles. The van der Waals surface area contributed by atoms with Crippen molar-refractivity contribution in [2.75, 3.05) is 25.6 Å². The number of rotatable bonds is 7. The van der Waals surface area contributed by atoms with E-state index in [-0.39, 0.29) is 16.4 Å². The van der Waals surface area contributed by atoms with Crippen molar-refractivity contribution in [3.05, 3.63) is 54.3 Å². The van der Waals surface area contributed by atoms with Crippen LogP contribution in [0, 0.1) is 5.92 Å². The summed E-state index contributed by atoms with van der Waals surface area (Å²) in [6.45, 7) is 0.470. The molecular weight excluding hydrogens is 392 g/mol. The van der Waals surface area contributed by atoms with Crippen LogP contribution in [0.2, 0.25) is 0 Å². The van der Waals surface area contributed by atoms with Crippen molar-refractivity contribution in [3.63, 3.8) is 0 Å². The van der Waals surface area contributed by atoms with Gasteiger partial charge in [0.15, 0.2) is 5.76 Å². The summed E-state index contributed by atoms with van der Waals surface area (Å²) in [7, 11) is -0.326. The van der Waals surface area contributed by atoms with Gasteiger partial charge in [-0.05, 0) is 49.1 Å². The number of benzene rings is 2. The number of carbonyl (C=O) groups is 1.